The minimum Gasteiger partial charge on any atom is -0.494 e. The zero-order valence-electron chi connectivity index (χ0n) is 6.42. The molecule has 0 fully saturated rings. The maximum atomic E-state index is 5.29. The number of ether oxygens (including phenoxy) is 1. The SMILES string of the molecule is CCOc1cccc(C)c1. The van der Waals surface area contributed by atoms with Crippen LogP contribution in [0.4, 0.5) is 0 Å². The van der Waals surface area contributed by atoms with Gasteiger partial charge in [0.25, 0.3) is 0 Å². The zero-order chi connectivity index (χ0) is 7.40. The normalized spacial score (nSPS) is 9.40. The van der Waals surface area contributed by atoms with Crippen molar-refractivity contribution in [3.8, 4) is 5.75 Å². The van der Waals surface area contributed by atoms with Crippen LogP contribution in [0.15, 0.2) is 24.3 Å². The predicted molar refractivity (Wildman–Crippen MR) is 42.3 cm³/mol. The standard InChI is InChI=1S/C9H12O/c1-3-10-9-6-4-5-8(2)7-9/h4-7H,3H2,1-2H3. The van der Waals surface area contributed by atoms with Gasteiger partial charge in [0, 0.05) is 0 Å². The van der Waals surface area contributed by atoms with E-state index in [9.17, 15) is 0 Å². The molecule has 1 nitrogen and oxygen atoms in total. The average molecular weight is 136 g/mol. The molecule has 0 heterocycles. The third-order valence-electron chi connectivity index (χ3n) is 1.30. The van der Waals surface area contributed by atoms with Crippen LogP contribution in [0.25, 0.3) is 0 Å². The van der Waals surface area contributed by atoms with Crippen LogP contribution < -0.4 is 4.74 Å². The largest absolute Gasteiger partial charge is 0.494 e. The van der Waals surface area contributed by atoms with Crippen LogP contribution in [-0.4, -0.2) is 6.61 Å². The smallest absolute Gasteiger partial charge is 0.119 e. The first kappa shape index (κ1) is 7.13. The molecule has 0 bridgehead atoms. The fourth-order valence-electron chi connectivity index (χ4n) is 0.872. The molecule has 0 atom stereocenters. The van der Waals surface area contributed by atoms with Gasteiger partial charge in [-0.3, -0.25) is 0 Å². The van der Waals surface area contributed by atoms with Crippen molar-refractivity contribution in [2.45, 2.75) is 13.8 Å². The van der Waals surface area contributed by atoms with E-state index in [0.29, 0.717) is 0 Å². The van der Waals surface area contributed by atoms with E-state index >= 15 is 0 Å². The summed E-state index contributed by atoms with van der Waals surface area (Å²) in [4.78, 5) is 0. The van der Waals surface area contributed by atoms with E-state index in [-0.39, 0.29) is 0 Å². The summed E-state index contributed by atoms with van der Waals surface area (Å²) in [6.45, 7) is 4.79. The van der Waals surface area contributed by atoms with Crippen LogP contribution in [0.2, 0.25) is 0 Å². The molecule has 0 aliphatic rings. The highest BCUT2D eigenvalue weighted by molar-refractivity contribution is 5.27. The third-order valence-corrected chi connectivity index (χ3v) is 1.30. The van der Waals surface area contributed by atoms with Crippen molar-refractivity contribution in [1.29, 1.82) is 0 Å². The van der Waals surface area contributed by atoms with Gasteiger partial charge in [0.1, 0.15) is 5.75 Å². The van der Waals surface area contributed by atoms with Gasteiger partial charge in [-0.15, -0.1) is 0 Å². The van der Waals surface area contributed by atoms with Gasteiger partial charge >= 0.3 is 0 Å². The summed E-state index contributed by atoms with van der Waals surface area (Å²) in [5.74, 6) is 0.961. The maximum absolute atomic E-state index is 5.29. The number of rotatable bonds is 2. The molecule has 0 saturated heterocycles. The minimum atomic E-state index is 0.740. The summed E-state index contributed by atoms with van der Waals surface area (Å²) in [5, 5.41) is 0. The van der Waals surface area contributed by atoms with Crippen molar-refractivity contribution in [2.24, 2.45) is 0 Å². The van der Waals surface area contributed by atoms with E-state index in [4.69, 9.17) is 4.74 Å². The number of aryl methyl sites for hydroxylation is 1. The monoisotopic (exact) mass is 136 g/mol. The molecule has 0 unspecified atom stereocenters. The Morgan fingerprint density at radius 1 is 1.40 bits per heavy atom. The Balaban J connectivity index is 2.75. The number of hydrogen-bond acceptors (Lipinski definition) is 1. The van der Waals surface area contributed by atoms with Gasteiger partial charge in [0.15, 0.2) is 0 Å². The maximum Gasteiger partial charge on any atom is 0.119 e. The molecule has 0 aromatic heterocycles. The Morgan fingerprint density at radius 2 is 2.20 bits per heavy atom. The first-order valence-corrected chi connectivity index (χ1v) is 3.52. The first-order valence-electron chi connectivity index (χ1n) is 3.52. The van der Waals surface area contributed by atoms with E-state index < -0.39 is 0 Å². The van der Waals surface area contributed by atoms with Crippen LogP contribution in [0.1, 0.15) is 12.5 Å². The van der Waals surface area contributed by atoms with Gasteiger partial charge in [-0.1, -0.05) is 12.1 Å². The molecule has 0 radical (unpaired) electrons. The van der Waals surface area contributed by atoms with E-state index in [1.807, 2.05) is 25.1 Å². The molecule has 54 valence electrons. The zero-order valence-corrected chi connectivity index (χ0v) is 6.42. The Kier molecular flexibility index (Phi) is 2.32. The molecule has 1 aromatic carbocycles. The fourth-order valence-corrected chi connectivity index (χ4v) is 0.872. The highest BCUT2D eigenvalue weighted by Gasteiger charge is 1.88. The lowest BCUT2D eigenvalue weighted by atomic mass is 10.2. The van der Waals surface area contributed by atoms with Gasteiger partial charge < -0.3 is 4.74 Å². The van der Waals surface area contributed by atoms with Gasteiger partial charge in [-0.25, -0.2) is 0 Å². The molecular weight excluding hydrogens is 124 g/mol. The molecule has 0 aliphatic carbocycles. The Hall–Kier alpha value is -0.980. The first-order chi connectivity index (χ1) is 4.83. The molecule has 0 aliphatic heterocycles. The second kappa shape index (κ2) is 3.25. The van der Waals surface area contributed by atoms with Gasteiger partial charge in [0.05, 0.1) is 6.61 Å². The molecule has 0 saturated carbocycles. The van der Waals surface area contributed by atoms with E-state index in [2.05, 4.69) is 13.0 Å². The summed E-state index contributed by atoms with van der Waals surface area (Å²) in [7, 11) is 0. The minimum absolute atomic E-state index is 0.740. The lowest BCUT2D eigenvalue weighted by Gasteiger charge is -2.01. The Bertz CT molecular complexity index is 206. The fraction of sp³-hybridized carbons (Fsp3) is 0.333. The number of hydrogen-bond donors (Lipinski definition) is 0. The highest BCUT2D eigenvalue weighted by atomic mass is 16.5. The van der Waals surface area contributed by atoms with Crippen molar-refractivity contribution in [3.63, 3.8) is 0 Å². The summed E-state index contributed by atoms with van der Waals surface area (Å²) in [5.41, 5.74) is 1.24. The molecule has 0 amide bonds. The van der Waals surface area contributed by atoms with Gasteiger partial charge in [-0.2, -0.15) is 0 Å². The van der Waals surface area contributed by atoms with Crippen LogP contribution in [0, 0.1) is 6.92 Å². The lowest BCUT2D eigenvalue weighted by Crippen LogP contribution is -1.90. The van der Waals surface area contributed by atoms with Crippen LogP contribution in [-0.2, 0) is 0 Å². The topological polar surface area (TPSA) is 9.23 Å². The Labute approximate surface area is 61.6 Å². The molecule has 0 spiro atoms. The summed E-state index contributed by atoms with van der Waals surface area (Å²) < 4.78 is 5.29. The molecule has 1 rings (SSSR count). The van der Waals surface area contributed by atoms with Gasteiger partial charge in [-0.05, 0) is 31.5 Å². The van der Waals surface area contributed by atoms with Crippen molar-refractivity contribution in [2.75, 3.05) is 6.61 Å². The summed E-state index contributed by atoms with van der Waals surface area (Å²) in [6, 6.07) is 8.06. The molecule has 1 heteroatoms. The van der Waals surface area contributed by atoms with Gasteiger partial charge in [0.2, 0.25) is 0 Å². The summed E-state index contributed by atoms with van der Waals surface area (Å²) >= 11 is 0. The van der Waals surface area contributed by atoms with Crippen LogP contribution in [0.3, 0.4) is 0 Å². The highest BCUT2D eigenvalue weighted by Crippen LogP contribution is 2.11. The van der Waals surface area contributed by atoms with E-state index in [0.717, 1.165) is 12.4 Å². The Morgan fingerprint density at radius 3 is 2.80 bits per heavy atom. The van der Waals surface area contributed by atoms with Crippen molar-refractivity contribution < 1.29 is 4.74 Å². The molecular formula is C9H12O. The molecule has 10 heavy (non-hydrogen) atoms. The van der Waals surface area contributed by atoms with E-state index in [1.54, 1.807) is 0 Å². The van der Waals surface area contributed by atoms with Crippen LogP contribution >= 0.6 is 0 Å². The van der Waals surface area contributed by atoms with Crippen molar-refractivity contribution >= 4 is 0 Å². The quantitative estimate of drug-likeness (QED) is 0.606. The number of benzene rings is 1. The second-order valence-electron chi connectivity index (χ2n) is 2.25. The lowest BCUT2D eigenvalue weighted by molar-refractivity contribution is 0.340. The average Bonchev–Trinajstić information content (AvgIpc) is 1.88. The van der Waals surface area contributed by atoms with Crippen LogP contribution in [0.5, 0.6) is 5.75 Å². The van der Waals surface area contributed by atoms with Crippen molar-refractivity contribution in [1.82, 2.24) is 0 Å². The summed E-state index contributed by atoms with van der Waals surface area (Å²) in [6.07, 6.45) is 0. The second-order valence-corrected chi connectivity index (χ2v) is 2.25. The third kappa shape index (κ3) is 1.76. The predicted octanol–water partition coefficient (Wildman–Crippen LogP) is 2.39. The molecule has 0 N–H and O–H groups in total. The van der Waals surface area contributed by atoms with E-state index in [1.165, 1.54) is 5.56 Å². The van der Waals surface area contributed by atoms with Crippen molar-refractivity contribution in [3.05, 3.63) is 29.8 Å². The molecule has 1 aromatic rings.